The standard InChI is InChI=1S/C20H26N2O4S/c1-14-9-10-19(15(2)11-14)16(3)21-20(23)13-22(27(5,24)25)17-7-6-8-18(12-17)26-4/h6-12,16H,13H2,1-5H3,(H,21,23)/t16-/m0/s1. The van der Waals surface area contributed by atoms with E-state index in [1.807, 2.05) is 32.9 Å². The Morgan fingerprint density at radius 3 is 2.48 bits per heavy atom. The van der Waals surface area contributed by atoms with Crippen molar-refractivity contribution in [1.29, 1.82) is 0 Å². The first kappa shape index (κ1) is 20.8. The number of aryl methyl sites for hydroxylation is 2. The van der Waals surface area contributed by atoms with E-state index in [9.17, 15) is 13.2 Å². The summed E-state index contributed by atoms with van der Waals surface area (Å²) in [6.07, 6.45) is 1.08. The SMILES string of the molecule is COc1cccc(N(CC(=O)N[C@@H](C)c2ccc(C)cc2C)S(C)(=O)=O)c1. The highest BCUT2D eigenvalue weighted by Gasteiger charge is 2.22. The Hall–Kier alpha value is -2.54. The van der Waals surface area contributed by atoms with Crippen molar-refractivity contribution < 1.29 is 17.9 Å². The predicted molar refractivity (Wildman–Crippen MR) is 108 cm³/mol. The third-order valence-electron chi connectivity index (χ3n) is 4.30. The van der Waals surface area contributed by atoms with Crippen LogP contribution in [-0.4, -0.2) is 34.2 Å². The van der Waals surface area contributed by atoms with Gasteiger partial charge in [-0.05, 0) is 44.0 Å². The highest BCUT2D eigenvalue weighted by Crippen LogP contribution is 2.23. The molecule has 0 unspecified atom stereocenters. The molecule has 27 heavy (non-hydrogen) atoms. The second kappa shape index (κ2) is 8.43. The molecule has 0 heterocycles. The summed E-state index contributed by atoms with van der Waals surface area (Å²) in [6, 6.07) is 12.4. The number of benzene rings is 2. The normalized spacial score (nSPS) is 12.3. The number of methoxy groups -OCH3 is 1. The summed E-state index contributed by atoms with van der Waals surface area (Å²) >= 11 is 0. The number of hydrogen-bond acceptors (Lipinski definition) is 4. The molecule has 146 valence electrons. The number of ether oxygens (including phenoxy) is 1. The van der Waals surface area contributed by atoms with Gasteiger partial charge in [0, 0.05) is 6.07 Å². The van der Waals surface area contributed by atoms with Crippen LogP contribution in [0.3, 0.4) is 0 Å². The minimum absolute atomic E-state index is 0.232. The molecule has 0 fully saturated rings. The molecule has 1 atom stereocenters. The third kappa shape index (κ3) is 5.47. The Balaban J connectivity index is 2.18. The molecule has 2 aromatic rings. The van der Waals surface area contributed by atoms with Crippen LogP contribution in [0.25, 0.3) is 0 Å². The van der Waals surface area contributed by atoms with E-state index >= 15 is 0 Å². The number of anilines is 1. The van der Waals surface area contributed by atoms with Crippen LogP contribution in [-0.2, 0) is 14.8 Å². The lowest BCUT2D eigenvalue weighted by Crippen LogP contribution is -2.41. The van der Waals surface area contributed by atoms with Crippen LogP contribution in [0.15, 0.2) is 42.5 Å². The molecule has 7 heteroatoms. The van der Waals surface area contributed by atoms with Crippen molar-refractivity contribution >= 4 is 21.6 Å². The number of nitrogens with zero attached hydrogens (tertiary/aromatic N) is 1. The Kier molecular flexibility index (Phi) is 6.49. The van der Waals surface area contributed by atoms with Crippen LogP contribution in [0, 0.1) is 13.8 Å². The summed E-state index contributed by atoms with van der Waals surface area (Å²) in [5, 5.41) is 2.88. The molecule has 0 aliphatic carbocycles. The van der Waals surface area contributed by atoms with Crippen LogP contribution in [0.2, 0.25) is 0 Å². The van der Waals surface area contributed by atoms with E-state index in [0.29, 0.717) is 11.4 Å². The molecular formula is C20H26N2O4S. The molecule has 0 spiro atoms. The topological polar surface area (TPSA) is 75.7 Å². The molecule has 0 bridgehead atoms. The van der Waals surface area contributed by atoms with E-state index in [1.54, 1.807) is 24.3 Å². The summed E-state index contributed by atoms with van der Waals surface area (Å²) < 4.78 is 30.7. The van der Waals surface area contributed by atoms with Gasteiger partial charge in [0.2, 0.25) is 15.9 Å². The molecule has 0 aromatic heterocycles. The highest BCUT2D eigenvalue weighted by molar-refractivity contribution is 7.92. The van der Waals surface area contributed by atoms with Gasteiger partial charge in [-0.25, -0.2) is 8.42 Å². The van der Waals surface area contributed by atoms with Crippen molar-refractivity contribution in [3.05, 3.63) is 59.2 Å². The molecule has 2 aromatic carbocycles. The van der Waals surface area contributed by atoms with Gasteiger partial charge < -0.3 is 10.1 Å². The Morgan fingerprint density at radius 2 is 1.89 bits per heavy atom. The minimum atomic E-state index is -3.64. The van der Waals surface area contributed by atoms with Crippen molar-refractivity contribution in [2.24, 2.45) is 0 Å². The van der Waals surface area contributed by atoms with Crippen molar-refractivity contribution in [3.8, 4) is 5.75 Å². The van der Waals surface area contributed by atoms with E-state index in [1.165, 1.54) is 7.11 Å². The largest absolute Gasteiger partial charge is 0.497 e. The summed E-state index contributed by atoms with van der Waals surface area (Å²) in [6.45, 7) is 5.58. The van der Waals surface area contributed by atoms with Gasteiger partial charge in [-0.3, -0.25) is 9.10 Å². The zero-order valence-corrected chi connectivity index (χ0v) is 17.1. The first-order valence-corrected chi connectivity index (χ1v) is 10.4. The first-order chi connectivity index (χ1) is 12.6. The Bertz CT molecular complexity index is 925. The van der Waals surface area contributed by atoms with Crippen LogP contribution in [0.5, 0.6) is 5.75 Å². The van der Waals surface area contributed by atoms with Gasteiger partial charge in [-0.2, -0.15) is 0 Å². The van der Waals surface area contributed by atoms with Crippen LogP contribution in [0.1, 0.15) is 29.7 Å². The third-order valence-corrected chi connectivity index (χ3v) is 5.44. The van der Waals surface area contributed by atoms with E-state index in [0.717, 1.165) is 27.3 Å². The summed E-state index contributed by atoms with van der Waals surface area (Å²) in [4.78, 5) is 12.5. The Labute approximate surface area is 161 Å². The number of sulfonamides is 1. The van der Waals surface area contributed by atoms with Crippen LogP contribution in [0.4, 0.5) is 5.69 Å². The number of carbonyl (C=O) groups excluding carboxylic acids is 1. The second-order valence-electron chi connectivity index (χ2n) is 6.62. The summed E-state index contributed by atoms with van der Waals surface area (Å²) in [7, 11) is -2.13. The monoisotopic (exact) mass is 390 g/mol. The molecule has 0 aliphatic rings. The second-order valence-corrected chi connectivity index (χ2v) is 8.53. The average molecular weight is 391 g/mol. The molecule has 0 saturated carbocycles. The number of nitrogens with one attached hydrogen (secondary N) is 1. The lowest BCUT2D eigenvalue weighted by atomic mass is 10.0. The fraction of sp³-hybridized carbons (Fsp3) is 0.350. The molecule has 0 aliphatic heterocycles. The molecule has 0 saturated heterocycles. The lowest BCUT2D eigenvalue weighted by molar-refractivity contribution is -0.120. The van der Waals surface area contributed by atoms with Gasteiger partial charge in [0.25, 0.3) is 0 Å². The van der Waals surface area contributed by atoms with Gasteiger partial charge >= 0.3 is 0 Å². The molecular weight excluding hydrogens is 364 g/mol. The minimum Gasteiger partial charge on any atom is -0.497 e. The predicted octanol–water partition coefficient (Wildman–Crippen LogP) is 2.96. The van der Waals surface area contributed by atoms with Crippen LogP contribution >= 0.6 is 0 Å². The van der Waals surface area contributed by atoms with E-state index in [2.05, 4.69) is 11.4 Å². The Morgan fingerprint density at radius 1 is 1.19 bits per heavy atom. The van der Waals surface area contributed by atoms with Gasteiger partial charge in [0.1, 0.15) is 12.3 Å². The summed E-state index contributed by atoms with van der Waals surface area (Å²) in [5.74, 6) is 0.140. The first-order valence-electron chi connectivity index (χ1n) is 8.60. The zero-order valence-electron chi connectivity index (χ0n) is 16.3. The van der Waals surface area contributed by atoms with Gasteiger partial charge in [-0.15, -0.1) is 0 Å². The van der Waals surface area contributed by atoms with Gasteiger partial charge in [0.05, 0.1) is 25.1 Å². The quantitative estimate of drug-likeness (QED) is 0.789. The molecule has 6 nitrogen and oxygen atoms in total. The maximum absolute atomic E-state index is 12.5. The van der Waals surface area contributed by atoms with Crippen molar-refractivity contribution in [3.63, 3.8) is 0 Å². The van der Waals surface area contributed by atoms with Crippen molar-refractivity contribution in [1.82, 2.24) is 5.32 Å². The highest BCUT2D eigenvalue weighted by atomic mass is 32.2. The molecule has 1 amide bonds. The van der Waals surface area contributed by atoms with E-state index in [4.69, 9.17) is 4.74 Å². The summed E-state index contributed by atoms with van der Waals surface area (Å²) in [5.41, 5.74) is 3.61. The zero-order chi connectivity index (χ0) is 20.2. The number of carbonyl (C=O) groups is 1. The average Bonchev–Trinajstić information content (AvgIpc) is 2.58. The maximum atomic E-state index is 12.5. The maximum Gasteiger partial charge on any atom is 0.241 e. The van der Waals surface area contributed by atoms with Gasteiger partial charge in [0.15, 0.2) is 0 Å². The molecule has 0 radical (unpaired) electrons. The fourth-order valence-corrected chi connectivity index (χ4v) is 3.82. The smallest absolute Gasteiger partial charge is 0.241 e. The fourth-order valence-electron chi connectivity index (χ4n) is 2.97. The van der Waals surface area contributed by atoms with Crippen molar-refractivity contribution in [2.75, 3.05) is 24.2 Å². The van der Waals surface area contributed by atoms with Gasteiger partial charge in [-0.1, -0.05) is 29.8 Å². The molecule has 1 N–H and O–H groups in total. The van der Waals surface area contributed by atoms with E-state index < -0.39 is 10.0 Å². The number of rotatable bonds is 7. The van der Waals surface area contributed by atoms with E-state index in [-0.39, 0.29) is 18.5 Å². The van der Waals surface area contributed by atoms with Crippen LogP contribution < -0.4 is 14.4 Å². The van der Waals surface area contributed by atoms with Crippen molar-refractivity contribution in [2.45, 2.75) is 26.8 Å². The number of hydrogen-bond donors (Lipinski definition) is 1. The lowest BCUT2D eigenvalue weighted by Gasteiger charge is -2.24. The molecule has 2 rings (SSSR count). The number of amides is 1.